The summed E-state index contributed by atoms with van der Waals surface area (Å²) in [5, 5.41) is 7.16. The lowest BCUT2D eigenvalue weighted by Gasteiger charge is -2.23. The molecular weight excluding hydrogens is 343 g/mol. The minimum Gasteiger partial charge on any atom is -0.322 e. The zero-order valence-corrected chi connectivity index (χ0v) is 14.9. The zero-order valence-electron chi connectivity index (χ0n) is 13.4. The van der Waals surface area contributed by atoms with Crippen molar-refractivity contribution in [2.45, 2.75) is 31.8 Å². The van der Waals surface area contributed by atoms with Gasteiger partial charge in [0.25, 0.3) is 0 Å². The maximum atomic E-state index is 12.5. The molecule has 2 atom stereocenters. The molecule has 2 aromatic carbocycles. The summed E-state index contributed by atoms with van der Waals surface area (Å²) < 4.78 is 0. The van der Waals surface area contributed by atoms with Crippen molar-refractivity contribution in [1.82, 2.24) is 5.32 Å². The molecule has 5 heteroatoms. The van der Waals surface area contributed by atoms with Crippen LogP contribution in [0.1, 0.15) is 31.4 Å². The van der Waals surface area contributed by atoms with Gasteiger partial charge in [-0.15, -0.1) is 0 Å². The van der Waals surface area contributed by atoms with Crippen LogP contribution < -0.4 is 10.6 Å². The molecular formula is C19H20Cl2N2O. The molecule has 0 bridgehead atoms. The average Bonchev–Trinajstić information content (AvgIpc) is 3.41. The van der Waals surface area contributed by atoms with E-state index in [0.29, 0.717) is 21.7 Å². The van der Waals surface area contributed by atoms with Crippen molar-refractivity contribution in [2.75, 3.05) is 5.32 Å². The quantitative estimate of drug-likeness (QED) is 0.753. The number of para-hydroxylation sites is 1. The van der Waals surface area contributed by atoms with E-state index < -0.39 is 0 Å². The first-order chi connectivity index (χ1) is 11.6. The molecule has 0 heterocycles. The third kappa shape index (κ3) is 4.10. The Hall–Kier alpha value is -1.55. The minimum absolute atomic E-state index is 0.147. The summed E-state index contributed by atoms with van der Waals surface area (Å²) in [6.07, 6.45) is 2.38. The van der Waals surface area contributed by atoms with Crippen LogP contribution in [0.25, 0.3) is 0 Å². The summed E-state index contributed by atoms with van der Waals surface area (Å²) >= 11 is 12.2. The molecule has 24 heavy (non-hydrogen) atoms. The molecule has 3 nitrogen and oxygen atoms in total. The topological polar surface area (TPSA) is 41.1 Å². The molecule has 0 unspecified atom stereocenters. The molecule has 126 valence electrons. The van der Waals surface area contributed by atoms with Gasteiger partial charge in [-0.1, -0.05) is 59.6 Å². The second kappa shape index (κ2) is 7.56. The molecule has 1 aliphatic rings. The van der Waals surface area contributed by atoms with Crippen molar-refractivity contribution in [3.8, 4) is 0 Å². The lowest BCUT2D eigenvalue weighted by molar-refractivity contribution is -0.118. The fraction of sp³-hybridized carbons (Fsp3) is 0.316. The predicted molar refractivity (Wildman–Crippen MR) is 99.6 cm³/mol. The average molecular weight is 363 g/mol. The molecule has 1 amide bonds. The van der Waals surface area contributed by atoms with Gasteiger partial charge < -0.3 is 5.32 Å². The van der Waals surface area contributed by atoms with E-state index in [2.05, 4.69) is 22.8 Å². The summed E-state index contributed by atoms with van der Waals surface area (Å²) in [6, 6.07) is 15.3. The highest BCUT2D eigenvalue weighted by Gasteiger charge is 2.34. The molecule has 2 N–H and O–H groups in total. The van der Waals surface area contributed by atoms with Crippen LogP contribution in [0.5, 0.6) is 0 Å². The molecule has 0 aliphatic heterocycles. The Morgan fingerprint density at radius 1 is 1.04 bits per heavy atom. The van der Waals surface area contributed by atoms with E-state index in [9.17, 15) is 4.79 Å². The number of anilines is 1. The third-order valence-electron chi connectivity index (χ3n) is 4.29. The third-order valence-corrected chi connectivity index (χ3v) is 4.92. The highest BCUT2D eigenvalue weighted by Crippen LogP contribution is 2.41. The number of rotatable bonds is 6. The Morgan fingerprint density at radius 3 is 2.25 bits per heavy atom. The maximum Gasteiger partial charge on any atom is 0.241 e. The van der Waals surface area contributed by atoms with Crippen LogP contribution in [-0.2, 0) is 4.79 Å². The summed E-state index contributed by atoms with van der Waals surface area (Å²) in [7, 11) is 0. The van der Waals surface area contributed by atoms with E-state index in [1.165, 1.54) is 18.4 Å². The highest BCUT2D eigenvalue weighted by atomic mass is 35.5. The lowest BCUT2D eigenvalue weighted by Crippen LogP contribution is -2.41. The van der Waals surface area contributed by atoms with Gasteiger partial charge in [0.05, 0.1) is 21.8 Å². The number of hydrogen-bond acceptors (Lipinski definition) is 2. The first-order valence-electron chi connectivity index (χ1n) is 8.12. The summed E-state index contributed by atoms with van der Waals surface area (Å²) in [5.41, 5.74) is 1.68. The summed E-state index contributed by atoms with van der Waals surface area (Å²) in [4.78, 5) is 12.5. The van der Waals surface area contributed by atoms with Crippen molar-refractivity contribution in [2.24, 2.45) is 5.92 Å². The zero-order chi connectivity index (χ0) is 17.1. The number of hydrogen-bond donors (Lipinski definition) is 2. The van der Waals surface area contributed by atoms with E-state index in [-0.39, 0.29) is 18.0 Å². The highest BCUT2D eigenvalue weighted by molar-refractivity contribution is 6.39. The maximum absolute atomic E-state index is 12.5. The molecule has 0 spiro atoms. The van der Waals surface area contributed by atoms with Gasteiger partial charge in [0.2, 0.25) is 5.91 Å². The molecule has 2 aromatic rings. The standard InChI is InChI=1S/C19H20Cl2N2O/c1-12(19(24)23-18-15(20)8-5-9-16(18)21)22-17(14-10-11-14)13-6-3-2-4-7-13/h2-9,12,14,17,22H,10-11H2,1H3,(H,23,24)/t12-,17-/m1/s1. The van der Waals surface area contributed by atoms with Gasteiger partial charge in [0.1, 0.15) is 0 Å². The molecule has 0 saturated heterocycles. The first kappa shape index (κ1) is 17.3. The van der Waals surface area contributed by atoms with Crippen molar-refractivity contribution in [1.29, 1.82) is 0 Å². The fourth-order valence-corrected chi connectivity index (χ4v) is 3.28. The predicted octanol–water partition coefficient (Wildman–Crippen LogP) is 5.06. The summed E-state index contributed by atoms with van der Waals surface area (Å²) in [5.74, 6) is 0.443. The first-order valence-corrected chi connectivity index (χ1v) is 8.87. The number of carbonyl (C=O) groups excluding carboxylic acids is 1. The molecule has 0 aromatic heterocycles. The van der Waals surface area contributed by atoms with Crippen molar-refractivity contribution in [3.63, 3.8) is 0 Å². The van der Waals surface area contributed by atoms with Crippen molar-refractivity contribution >= 4 is 34.8 Å². The van der Waals surface area contributed by atoms with Crippen molar-refractivity contribution < 1.29 is 4.79 Å². The van der Waals surface area contributed by atoms with Gasteiger partial charge >= 0.3 is 0 Å². The monoisotopic (exact) mass is 362 g/mol. The van der Waals surface area contributed by atoms with E-state index in [1.807, 2.05) is 25.1 Å². The van der Waals surface area contributed by atoms with Crippen LogP contribution in [0.15, 0.2) is 48.5 Å². The fourth-order valence-electron chi connectivity index (χ4n) is 2.79. The Bertz CT molecular complexity index is 696. The molecule has 1 saturated carbocycles. The Balaban J connectivity index is 1.69. The van der Waals surface area contributed by atoms with Crippen LogP contribution in [0, 0.1) is 5.92 Å². The SMILES string of the molecule is C[C@@H](N[C@H](c1ccccc1)C1CC1)C(=O)Nc1c(Cl)cccc1Cl. The van der Waals surface area contributed by atoms with Gasteiger partial charge in [0.15, 0.2) is 0 Å². The summed E-state index contributed by atoms with van der Waals surface area (Å²) in [6.45, 7) is 1.86. The van der Waals surface area contributed by atoms with Crippen LogP contribution >= 0.6 is 23.2 Å². The van der Waals surface area contributed by atoms with Gasteiger partial charge in [-0.2, -0.15) is 0 Å². The Kier molecular flexibility index (Phi) is 5.44. The number of nitrogens with one attached hydrogen (secondary N) is 2. The Labute approximate surface area is 152 Å². The van der Waals surface area contributed by atoms with Crippen LogP contribution in [0.3, 0.4) is 0 Å². The largest absolute Gasteiger partial charge is 0.322 e. The number of amides is 1. The molecule has 0 radical (unpaired) electrons. The molecule has 1 fully saturated rings. The van der Waals surface area contributed by atoms with E-state index >= 15 is 0 Å². The Morgan fingerprint density at radius 2 is 1.67 bits per heavy atom. The molecule has 1 aliphatic carbocycles. The van der Waals surface area contributed by atoms with Gasteiger partial charge in [-0.25, -0.2) is 0 Å². The normalized spacial score (nSPS) is 16.5. The number of carbonyl (C=O) groups is 1. The van der Waals surface area contributed by atoms with Crippen LogP contribution in [0.4, 0.5) is 5.69 Å². The number of benzene rings is 2. The van der Waals surface area contributed by atoms with E-state index in [0.717, 1.165) is 0 Å². The second-order valence-electron chi connectivity index (χ2n) is 6.20. The van der Waals surface area contributed by atoms with Crippen molar-refractivity contribution in [3.05, 3.63) is 64.1 Å². The van der Waals surface area contributed by atoms with E-state index in [4.69, 9.17) is 23.2 Å². The minimum atomic E-state index is -0.358. The van der Waals surface area contributed by atoms with Gasteiger partial charge in [0, 0.05) is 6.04 Å². The second-order valence-corrected chi connectivity index (χ2v) is 7.01. The van der Waals surface area contributed by atoms with Crippen LogP contribution in [0.2, 0.25) is 10.0 Å². The van der Waals surface area contributed by atoms with Gasteiger partial charge in [-0.3, -0.25) is 10.1 Å². The van der Waals surface area contributed by atoms with Crippen LogP contribution in [-0.4, -0.2) is 11.9 Å². The smallest absolute Gasteiger partial charge is 0.241 e. The lowest BCUT2D eigenvalue weighted by atomic mass is 10.0. The van der Waals surface area contributed by atoms with Gasteiger partial charge in [-0.05, 0) is 43.4 Å². The number of halogens is 2. The van der Waals surface area contributed by atoms with E-state index in [1.54, 1.807) is 18.2 Å². The molecule has 3 rings (SSSR count).